The van der Waals surface area contributed by atoms with Crippen molar-refractivity contribution in [2.24, 2.45) is 5.92 Å². The Morgan fingerprint density at radius 3 is 2.25 bits per heavy atom. The fourth-order valence-electron chi connectivity index (χ4n) is 3.02. The van der Waals surface area contributed by atoms with Gasteiger partial charge in [0.1, 0.15) is 6.54 Å². The molecular weight excluding hydrogens is 368 g/mol. The lowest BCUT2D eigenvalue weighted by atomic mass is 10.1. The van der Waals surface area contributed by atoms with Crippen molar-refractivity contribution in [3.05, 3.63) is 57.8 Å². The first-order valence-electron chi connectivity index (χ1n) is 9.98. The van der Waals surface area contributed by atoms with E-state index in [1.165, 1.54) is 10.4 Å². The maximum Gasteiger partial charge on any atom is 0.242 e. The van der Waals surface area contributed by atoms with Crippen LogP contribution in [0.25, 0.3) is 0 Å². The van der Waals surface area contributed by atoms with Gasteiger partial charge in [-0.3, -0.25) is 9.59 Å². The van der Waals surface area contributed by atoms with Crippen molar-refractivity contribution in [1.82, 2.24) is 9.80 Å². The SMILES string of the molecule is CC[C@@H](C)N(CC(=O)N(Cc1ccccc1)Cc1sccc1C)C(=O)C(C)C. The zero-order chi connectivity index (χ0) is 20.7. The number of carbonyl (C=O) groups is 2. The normalized spacial score (nSPS) is 12.1. The zero-order valence-corrected chi connectivity index (χ0v) is 18.5. The van der Waals surface area contributed by atoms with E-state index in [-0.39, 0.29) is 30.3 Å². The fraction of sp³-hybridized carbons (Fsp3) is 0.478. The summed E-state index contributed by atoms with van der Waals surface area (Å²) in [4.78, 5) is 30.8. The Morgan fingerprint density at radius 2 is 1.71 bits per heavy atom. The van der Waals surface area contributed by atoms with Crippen molar-refractivity contribution >= 4 is 23.2 Å². The molecule has 152 valence electrons. The number of amides is 2. The van der Waals surface area contributed by atoms with E-state index in [0.717, 1.165) is 12.0 Å². The Hall–Kier alpha value is -2.14. The average molecular weight is 401 g/mol. The van der Waals surface area contributed by atoms with E-state index in [1.807, 2.05) is 62.9 Å². The highest BCUT2D eigenvalue weighted by Gasteiger charge is 2.26. The second kappa shape index (κ2) is 10.4. The van der Waals surface area contributed by atoms with Crippen LogP contribution in [0.2, 0.25) is 0 Å². The van der Waals surface area contributed by atoms with Gasteiger partial charge in [-0.05, 0) is 42.8 Å². The predicted octanol–water partition coefficient (Wildman–Crippen LogP) is 4.87. The maximum absolute atomic E-state index is 13.3. The average Bonchev–Trinajstić information content (AvgIpc) is 3.09. The van der Waals surface area contributed by atoms with Gasteiger partial charge in [0, 0.05) is 23.4 Å². The summed E-state index contributed by atoms with van der Waals surface area (Å²) >= 11 is 1.67. The number of rotatable bonds is 9. The fourth-order valence-corrected chi connectivity index (χ4v) is 3.94. The first-order valence-corrected chi connectivity index (χ1v) is 10.9. The van der Waals surface area contributed by atoms with E-state index in [9.17, 15) is 9.59 Å². The van der Waals surface area contributed by atoms with Gasteiger partial charge in [0.05, 0.1) is 6.54 Å². The summed E-state index contributed by atoms with van der Waals surface area (Å²) in [5.41, 5.74) is 2.29. The monoisotopic (exact) mass is 400 g/mol. The molecule has 0 aliphatic rings. The van der Waals surface area contributed by atoms with Crippen molar-refractivity contribution in [2.75, 3.05) is 6.54 Å². The van der Waals surface area contributed by atoms with Gasteiger partial charge in [-0.25, -0.2) is 0 Å². The van der Waals surface area contributed by atoms with Crippen molar-refractivity contribution in [1.29, 1.82) is 0 Å². The summed E-state index contributed by atoms with van der Waals surface area (Å²) in [6, 6.07) is 12.1. The van der Waals surface area contributed by atoms with Crippen molar-refractivity contribution in [2.45, 2.75) is 60.2 Å². The lowest BCUT2D eigenvalue weighted by Gasteiger charge is -2.32. The molecule has 0 radical (unpaired) electrons. The lowest BCUT2D eigenvalue weighted by Crippen LogP contribution is -2.47. The number of thiophene rings is 1. The van der Waals surface area contributed by atoms with Gasteiger partial charge in [0.15, 0.2) is 0 Å². The number of nitrogens with zero attached hydrogens (tertiary/aromatic N) is 2. The van der Waals surface area contributed by atoms with Gasteiger partial charge in [-0.15, -0.1) is 11.3 Å². The van der Waals surface area contributed by atoms with E-state index in [0.29, 0.717) is 13.1 Å². The third kappa shape index (κ3) is 5.93. The largest absolute Gasteiger partial charge is 0.332 e. The summed E-state index contributed by atoms with van der Waals surface area (Å²) in [5, 5.41) is 2.06. The molecule has 4 nitrogen and oxygen atoms in total. The third-order valence-corrected chi connectivity index (χ3v) is 6.08. The van der Waals surface area contributed by atoms with Crippen LogP contribution in [-0.2, 0) is 22.7 Å². The van der Waals surface area contributed by atoms with Gasteiger partial charge < -0.3 is 9.80 Å². The Kier molecular flexibility index (Phi) is 8.24. The Bertz CT molecular complexity index is 770. The molecule has 0 N–H and O–H groups in total. The highest BCUT2D eigenvalue weighted by Crippen LogP contribution is 2.20. The van der Waals surface area contributed by atoms with Gasteiger partial charge in [-0.1, -0.05) is 51.1 Å². The zero-order valence-electron chi connectivity index (χ0n) is 17.6. The molecule has 0 bridgehead atoms. The third-order valence-electron chi connectivity index (χ3n) is 5.08. The van der Waals surface area contributed by atoms with Gasteiger partial charge >= 0.3 is 0 Å². The van der Waals surface area contributed by atoms with Crippen LogP contribution < -0.4 is 0 Å². The standard InChI is InChI=1S/C23H32N2O2S/c1-6-19(5)25(23(27)17(2)3)16-22(26)24(14-20-10-8-7-9-11-20)15-21-18(4)12-13-28-21/h7-13,17,19H,6,14-16H2,1-5H3/t19-/m1/s1. The minimum atomic E-state index is -0.121. The van der Waals surface area contributed by atoms with Crippen molar-refractivity contribution < 1.29 is 9.59 Å². The first-order chi connectivity index (χ1) is 13.3. The molecule has 2 amide bonds. The van der Waals surface area contributed by atoms with Crippen LogP contribution in [0.3, 0.4) is 0 Å². The second-order valence-electron chi connectivity index (χ2n) is 7.64. The van der Waals surface area contributed by atoms with E-state index in [1.54, 1.807) is 16.2 Å². The quantitative estimate of drug-likeness (QED) is 0.603. The van der Waals surface area contributed by atoms with Crippen LogP contribution in [0.15, 0.2) is 41.8 Å². The molecule has 1 heterocycles. The highest BCUT2D eigenvalue weighted by molar-refractivity contribution is 7.10. The van der Waals surface area contributed by atoms with Crippen molar-refractivity contribution in [3.8, 4) is 0 Å². The summed E-state index contributed by atoms with van der Waals surface area (Å²) in [6.45, 7) is 11.2. The van der Waals surface area contributed by atoms with Crippen molar-refractivity contribution in [3.63, 3.8) is 0 Å². The number of benzene rings is 1. The van der Waals surface area contributed by atoms with Gasteiger partial charge in [0.25, 0.3) is 0 Å². The lowest BCUT2D eigenvalue weighted by molar-refractivity contribution is -0.144. The summed E-state index contributed by atoms with van der Waals surface area (Å²) < 4.78 is 0. The molecule has 0 aliphatic carbocycles. The Balaban J connectivity index is 2.23. The summed E-state index contributed by atoms with van der Waals surface area (Å²) in [6.07, 6.45) is 0.828. The number of aryl methyl sites for hydroxylation is 1. The van der Waals surface area contributed by atoms with E-state index in [4.69, 9.17) is 0 Å². The molecule has 1 aromatic carbocycles. The molecule has 0 unspecified atom stereocenters. The molecule has 1 atom stereocenters. The number of hydrogen-bond acceptors (Lipinski definition) is 3. The molecular formula is C23H32N2O2S. The first kappa shape index (κ1) is 22.2. The minimum absolute atomic E-state index is 0.00838. The van der Waals surface area contributed by atoms with Crippen LogP contribution >= 0.6 is 11.3 Å². The van der Waals surface area contributed by atoms with E-state index < -0.39 is 0 Å². The molecule has 2 aromatic rings. The van der Waals surface area contributed by atoms with Gasteiger partial charge in [0.2, 0.25) is 11.8 Å². The van der Waals surface area contributed by atoms with Crippen LogP contribution in [0.1, 0.15) is 50.1 Å². The highest BCUT2D eigenvalue weighted by atomic mass is 32.1. The maximum atomic E-state index is 13.3. The summed E-state index contributed by atoms with van der Waals surface area (Å²) in [5.74, 6) is -0.0930. The molecule has 5 heteroatoms. The van der Waals surface area contributed by atoms with Crippen LogP contribution in [0.4, 0.5) is 0 Å². The minimum Gasteiger partial charge on any atom is -0.332 e. The van der Waals surface area contributed by atoms with Gasteiger partial charge in [-0.2, -0.15) is 0 Å². The van der Waals surface area contributed by atoms with Crippen LogP contribution in [-0.4, -0.2) is 34.2 Å². The molecule has 2 rings (SSSR count). The van der Waals surface area contributed by atoms with Crippen LogP contribution in [0.5, 0.6) is 0 Å². The predicted molar refractivity (Wildman–Crippen MR) is 116 cm³/mol. The Morgan fingerprint density at radius 1 is 1.04 bits per heavy atom. The topological polar surface area (TPSA) is 40.6 Å². The number of hydrogen-bond donors (Lipinski definition) is 0. The van der Waals surface area contributed by atoms with E-state index >= 15 is 0 Å². The molecule has 0 saturated heterocycles. The summed E-state index contributed by atoms with van der Waals surface area (Å²) in [7, 11) is 0. The molecule has 0 saturated carbocycles. The van der Waals surface area contributed by atoms with E-state index in [2.05, 4.69) is 18.4 Å². The molecule has 0 spiro atoms. The second-order valence-corrected chi connectivity index (χ2v) is 8.64. The smallest absolute Gasteiger partial charge is 0.242 e. The molecule has 1 aromatic heterocycles. The molecule has 0 aliphatic heterocycles. The van der Waals surface area contributed by atoms with Crippen LogP contribution in [0, 0.1) is 12.8 Å². The molecule has 0 fully saturated rings. The molecule has 28 heavy (non-hydrogen) atoms. The number of carbonyl (C=O) groups excluding carboxylic acids is 2. The Labute approximate surface area is 173 Å².